The van der Waals surface area contributed by atoms with Gasteiger partial charge in [-0.1, -0.05) is 31.2 Å². The number of aliphatic hydroxyl groups is 1. The first-order chi connectivity index (χ1) is 8.81. The van der Waals surface area contributed by atoms with Crippen molar-refractivity contribution in [3.8, 4) is 0 Å². The molecule has 1 aromatic carbocycles. The van der Waals surface area contributed by atoms with Crippen molar-refractivity contribution in [2.24, 2.45) is 0 Å². The van der Waals surface area contributed by atoms with Gasteiger partial charge in [0.2, 0.25) is 0 Å². The van der Waals surface area contributed by atoms with Crippen LogP contribution in [0.5, 0.6) is 0 Å². The molecular formula is C16H23NO. The third-order valence-corrected chi connectivity index (χ3v) is 4.37. The molecule has 2 heteroatoms. The highest BCUT2D eigenvalue weighted by Crippen LogP contribution is 2.38. The SMILES string of the molecule is CCCN(C1CC1)C1CCc2ccccc2C1O. The Kier molecular flexibility index (Phi) is 3.40. The van der Waals surface area contributed by atoms with Gasteiger partial charge in [0.1, 0.15) is 0 Å². The third kappa shape index (κ3) is 2.19. The van der Waals surface area contributed by atoms with Crippen LogP contribution in [0.4, 0.5) is 0 Å². The topological polar surface area (TPSA) is 23.5 Å². The minimum Gasteiger partial charge on any atom is -0.387 e. The van der Waals surface area contributed by atoms with Crippen LogP contribution < -0.4 is 0 Å². The monoisotopic (exact) mass is 245 g/mol. The van der Waals surface area contributed by atoms with Gasteiger partial charge in [-0.2, -0.15) is 0 Å². The zero-order valence-corrected chi connectivity index (χ0v) is 11.2. The van der Waals surface area contributed by atoms with Crippen molar-refractivity contribution in [1.82, 2.24) is 4.90 Å². The third-order valence-electron chi connectivity index (χ3n) is 4.37. The molecule has 0 amide bonds. The molecule has 0 radical (unpaired) electrons. The van der Waals surface area contributed by atoms with Gasteiger partial charge in [-0.25, -0.2) is 0 Å². The molecule has 2 unspecified atom stereocenters. The number of aliphatic hydroxyl groups excluding tert-OH is 1. The van der Waals surface area contributed by atoms with E-state index in [-0.39, 0.29) is 6.10 Å². The average molecular weight is 245 g/mol. The summed E-state index contributed by atoms with van der Waals surface area (Å²) in [7, 11) is 0. The van der Waals surface area contributed by atoms with E-state index in [0.29, 0.717) is 6.04 Å². The van der Waals surface area contributed by atoms with Crippen LogP contribution >= 0.6 is 0 Å². The smallest absolute Gasteiger partial charge is 0.0948 e. The van der Waals surface area contributed by atoms with E-state index in [1.807, 2.05) is 6.07 Å². The molecule has 0 saturated heterocycles. The second kappa shape index (κ2) is 5.02. The summed E-state index contributed by atoms with van der Waals surface area (Å²) in [5, 5.41) is 10.7. The van der Waals surface area contributed by atoms with Crippen molar-refractivity contribution in [3.05, 3.63) is 35.4 Å². The predicted molar refractivity (Wildman–Crippen MR) is 73.5 cm³/mol. The van der Waals surface area contributed by atoms with Crippen LogP contribution in [0.1, 0.15) is 49.8 Å². The molecule has 0 aromatic heterocycles. The van der Waals surface area contributed by atoms with Gasteiger partial charge in [-0.3, -0.25) is 4.90 Å². The highest BCUT2D eigenvalue weighted by Gasteiger charge is 2.38. The standard InChI is InChI=1S/C16H23NO/c1-2-11-17(13-8-9-13)15-10-7-12-5-3-4-6-14(12)16(15)18/h3-6,13,15-16,18H,2,7-11H2,1H3. The molecular weight excluding hydrogens is 222 g/mol. The lowest BCUT2D eigenvalue weighted by molar-refractivity contribution is 0.0311. The second-order valence-electron chi connectivity index (χ2n) is 5.72. The van der Waals surface area contributed by atoms with E-state index in [4.69, 9.17) is 0 Å². The Balaban J connectivity index is 1.82. The van der Waals surface area contributed by atoms with Crippen molar-refractivity contribution in [1.29, 1.82) is 0 Å². The highest BCUT2D eigenvalue weighted by molar-refractivity contribution is 5.32. The van der Waals surface area contributed by atoms with Crippen LogP contribution in [0.2, 0.25) is 0 Å². The molecule has 0 spiro atoms. The van der Waals surface area contributed by atoms with Crippen molar-refractivity contribution in [2.75, 3.05) is 6.54 Å². The fourth-order valence-electron chi connectivity index (χ4n) is 3.35. The molecule has 1 aromatic rings. The summed E-state index contributed by atoms with van der Waals surface area (Å²) >= 11 is 0. The number of aryl methyl sites for hydroxylation is 1. The highest BCUT2D eigenvalue weighted by atomic mass is 16.3. The molecule has 0 aliphatic heterocycles. The summed E-state index contributed by atoms with van der Waals surface area (Å²) in [5.74, 6) is 0. The van der Waals surface area contributed by atoms with Crippen molar-refractivity contribution >= 4 is 0 Å². The fraction of sp³-hybridized carbons (Fsp3) is 0.625. The summed E-state index contributed by atoms with van der Waals surface area (Å²) in [5.41, 5.74) is 2.50. The molecule has 2 nitrogen and oxygen atoms in total. The summed E-state index contributed by atoms with van der Waals surface area (Å²) in [4.78, 5) is 2.57. The molecule has 1 N–H and O–H groups in total. The van der Waals surface area contributed by atoms with Crippen LogP contribution in [0, 0.1) is 0 Å². The molecule has 3 rings (SSSR count). The fourth-order valence-corrected chi connectivity index (χ4v) is 3.35. The van der Waals surface area contributed by atoms with Crippen LogP contribution in [-0.2, 0) is 6.42 Å². The minimum absolute atomic E-state index is 0.290. The summed E-state index contributed by atoms with van der Waals surface area (Å²) in [6, 6.07) is 9.48. The number of hydrogen-bond acceptors (Lipinski definition) is 2. The van der Waals surface area contributed by atoms with Crippen molar-refractivity contribution in [2.45, 2.75) is 57.2 Å². The lowest BCUT2D eigenvalue weighted by Gasteiger charge is -2.38. The maximum atomic E-state index is 10.7. The molecule has 2 aliphatic carbocycles. The van der Waals surface area contributed by atoms with Crippen LogP contribution in [0.3, 0.4) is 0 Å². The zero-order chi connectivity index (χ0) is 12.5. The zero-order valence-electron chi connectivity index (χ0n) is 11.2. The van der Waals surface area contributed by atoms with E-state index < -0.39 is 0 Å². The summed E-state index contributed by atoms with van der Waals surface area (Å²) in [6.45, 7) is 3.37. The first-order valence-electron chi connectivity index (χ1n) is 7.33. The minimum atomic E-state index is -0.290. The number of hydrogen-bond donors (Lipinski definition) is 1. The molecule has 2 aliphatic rings. The Morgan fingerprint density at radius 3 is 2.72 bits per heavy atom. The van der Waals surface area contributed by atoms with Crippen molar-refractivity contribution in [3.63, 3.8) is 0 Å². The Morgan fingerprint density at radius 1 is 1.22 bits per heavy atom. The average Bonchev–Trinajstić information content (AvgIpc) is 3.22. The number of fused-ring (bicyclic) bond motifs is 1. The number of nitrogens with zero attached hydrogens (tertiary/aromatic N) is 1. The maximum absolute atomic E-state index is 10.7. The Labute approximate surface area is 110 Å². The maximum Gasteiger partial charge on any atom is 0.0948 e. The molecule has 2 atom stereocenters. The normalized spacial score (nSPS) is 27.3. The van der Waals surface area contributed by atoms with Gasteiger partial charge in [0.05, 0.1) is 6.10 Å². The molecule has 18 heavy (non-hydrogen) atoms. The lowest BCUT2D eigenvalue weighted by Crippen LogP contribution is -2.44. The van der Waals surface area contributed by atoms with E-state index in [1.165, 1.54) is 24.8 Å². The van der Waals surface area contributed by atoms with Gasteiger partial charge in [0.15, 0.2) is 0 Å². The van der Waals surface area contributed by atoms with E-state index >= 15 is 0 Å². The van der Waals surface area contributed by atoms with E-state index in [0.717, 1.165) is 31.0 Å². The van der Waals surface area contributed by atoms with E-state index in [2.05, 4.69) is 30.0 Å². The molecule has 98 valence electrons. The lowest BCUT2D eigenvalue weighted by atomic mass is 9.85. The van der Waals surface area contributed by atoms with Gasteiger partial charge in [0.25, 0.3) is 0 Å². The van der Waals surface area contributed by atoms with Crippen molar-refractivity contribution < 1.29 is 5.11 Å². The number of benzene rings is 1. The number of rotatable bonds is 4. The van der Waals surface area contributed by atoms with Crippen LogP contribution in [-0.4, -0.2) is 28.6 Å². The van der Waals surface area contributed by atoms with E-state index in [9.17, 15) is 5.11 Å². The first-order valence-corrected chi connectivity index (χ1v) is 7.33. The van der Waals surface area contributed by atoms with Crippen LogP contribution in [0.15, 0.2) is 24.3 Å². The van der Waals surface area contributed by atoms with Gasteiger partial charge in [0, 0.05) is 12.1 Å². The summed E-state index contributed by atoms with van der Waals surface area (Å²) < 4.78 is 0. The van der Waals surface area contributed by atoms with Gasteiger partial charge in [-0.05, 0) is 49.8 Å². The molecule has 1 fully saturated rings. The Bertz CT molecular complexity index is 413. The summed E-state index contributed by atoms with van der Waals surface area (Å²) in [6.07, 6.45) is 5.76. The quantitative estimate of drug-likeness (QED) is 0.881. The first kappa shape index (κ1) is 12.2. The molecule has 0 bridgehead atoms. The molecule has 0 heterocycles. The van der Waals surface area contributed by atoms with Gasteiger partial charge in [-0.15, -0.1) is 0 Å². The van der Waals surface area contributed by atoms with E-state index in [1.54, 1.807) is 0 Å². The van der Waals surface area contributed by atoms with Gasteiger partial charge >= 0.3 is 0 Å². The molecule has 1 saturated carbocycles. The van der Waals surface area contributed by atoms with Gasteiger partial charge < -0.3 is 5.11 Å². The predicted octanol–water partition coefficient (Wildman–Crippen LogP) is 2.91. The Hall–Kier alpha value is -0.860. The largest absolute Gasteiger partial charge is 0.387 e. The Morgan fingerprint density at radius 2 is 2.00 bits per heavy atom. The second-order valence-corrected chi connectivity index (χ2v) is 5.72. The van der Waals surface area contributed by atoms with Crippen LogP contribution in [0.25, 0.3) is 0 Å².